The van der Waals surface area contributed by atoms with Crippen molar-refractivity contribution in [3.8, 4) is 28.4 Å². The Bertz CT molecular complexity index is 1310. The highest BCUT2D eigenvalue weighted by atomic mass is 16.5. The number of rotatable bonds is 11. The smallest absolute Gasteiger partial charge is 0.119 e. The van der Waals surface area contributed by atoms with Crippen LogP contribution in [0.2, 0.25) is 0 Å². The summed E-state index contributed by atoms with van der Waals surface area (Å²) in [5, 5.41) is 21.9. The lowest BCUT2D eigenvalue weighted by molar-refractivity contribution is 0.0371. The van der Waals surface area contributed by atoms with E-state index in [-0.39, 0.29) is 11.5 Å². The van der Waals surface area contributed by atoms with Crippen molar-refractivity contribution < 1.29 is 19.7 Å². The zero-order valence-corrected chi connectivity index (χ0v) is 21.9. The first-order valence-electron chi connectivity index (χ1n) is 13.7. The summed E-state index contributed by atoms with van der Waals surface area (Å²) in [7, 11) is 0. The number of unbranched alkanes of at least 4 members (excludes halogenated alkanes) is 3. The molecule has 0 bridgehead atoms. The van der Waals surface area contributed by atoms with E-state index in [1.807, 2.05) is 24.3 Å². The quantitative estimate of drug-likeness (QED) is 0.217. The molecule has 0 unspecified atom stereocenters. The topological polar surface area (TPSA) is 62.2 Å². The second-order valence-electron chi connectivity index (χ2n) is 10.1. The van der Waals surface area contributed by atoms with Crippen LogP contribution in [0.15, 0.2) is 78.9 Å². The fourth-order valence-electron chi connectivity index (χ4n) is 5.20. The summed E-state index contributed by atoms with van der Waals surface area (Å²) in [4.78, 5) is 2.50. The van der Waals surface area contributed by atoms with Crippen molar-refractivity contribution in [2.75, 3.05) is 39.5 Å². The van der Waals surface area contributed by atoms with Crippen molar-refractivity contribution in [1.29, 1.82) is 0 Å². The standard InChI is InChI=1S/C33H37NO4/c35-28-10-7-26(8-11-28)31-15-9-27-24-29(36)12-16-32(27)33(31)23-25-5-13-30(14-6-25)38-20-4-2-1-3-17-34-18-21-37-22-19-34/h5-16,24,35-36H,1-4,17-23H2. The van der Waals surface area contributed by atoms with Crippen molar-refractivity contribution >= 4 is 10.8 Å². The summed E-state index contributed by atoms with van der Waals surface area (Å²) in [6, 6.07) is 25.4. The first-order chi connectivity index (χ1) is 18.7. The lowest BCUT2D eigenvalue weighted by atomic mass is 9.90. The van der Waals surface area contributed by atoms with Gasteiger partial charge in [-0.15, -0.1) is 0 Å². The second-order valence-corrected chi connectivity index (χ2v) is 10.1. The summed E-state index contributed by atoms with van der Waals surface area (Å²) in [6.45, 7) is 5.81. The molecular weight excluding hydrogens is 474 g/mol. The molecule has 4 aromatic carbocycles. The fourth-order valence-corrected chi connectivity index (χ4v) is 5.20. The normalized spacial score (nSPS) is 14.1. The van der Waals surface area contributed by atoms with Gasteiger partial charge < -0.3 is 19.7 Å². The third-order valence-corrected chi connectivity index (χ3v) is 7.34. The molecule has 0 spiro atoms. The molecule has 5 nitrogen and oxygen atoms in total. The lowest BCUT2D eigenvalue weighted by Gasteiger charge is -2.26. The molecule has 1 saturated heterocycles. The maximum atomic E-state index is 10.00. The molecule has 1 heterocycles. The highest BCUT2D eigenvalue weighted by Gasteiger charge is 2.12. The second kappa shape index (κ2) is 12.8. The summed E-state index contributed by atoms with van der Waals surface area (Å²) in [6.07, 6.45) is 5.50. The maximum absolute atomic E-state index is 10.00. The van der Waals surface area contributed by atoms with Crippen molar-refractivity contribution in [3.05, 3.63) is 90.0 Å². The van der Waals surface area contributed by atoms with Crippen molar-refractivity contribution in [2.45, 2.75) is 32.1 Å². The van der Waals surface area contributed by atoms with Crippen LogP contribution in [0, 0.1) is 0 Å². The number of benzene rings is 4. The molecule has 4 aromatic rings. The SMILES string of the molecule is Oc1ccc(-c2ccc3cc(O)ccc3c2Cc2ccc(OCCCCCCN3CCOCC3)cc2)cc1. The van der Waals surface area contributed by atoms with E-state index in [1.54, 1.807) is 24.3 Å². The molecule has 0 aromatic heterocycles. The average molecular weight is 512 g/mol. The van der Waals surface area contributed by atoms with Crippen molar-refractivity contribution in [3.63, 3.8) is 0 Å². The zero-order valence-electron chi connectivity index (χ0n) is 21.9. The van der Waals surface area contributed by atoms with Crippen LogP contribution in [-0.2, 0) is 11.2 Å². The summed E-state index contributed by atoms with van der Waals surface area (Å²) in [5.74, 6) is 1.42. The number of phenolic OH excluding ortho intramolecular Hbond substituents is 2. The first kappa shape index (κ1) is 26.1. The van der Waals surface area contributed by atoms with Crippen LogP contribution < -0.4 is 4.74 Å². The predicted molar refractivity (Wildman–Crippen MR) is 153 cm³/mol. The van der Waals surface area contributed by atoms with Crippen molar-refractivity contribution in [2.24, 2.45) is 0 Å². The van der Waals surface area contributed by atoms with Gasteiger partial charge in [0.1, 0.15) is 17.2 Å². The molecule has 0 radical (unpaired) electrons. The van der Waals surface area contributed by atoms with E-state index in [1.165, 1.54) is 36.9 Å². The lowest BCUT2D eigenvalue weighted by Crippen LogP contribution is -2.36. The third kappa shape index (κ3) is 6.85. The molecule has 2 N–H and O–H groups in total. The van der Waals surface area contributed by atoms with Gasteiger partial charge in [0.2, 0.25) is 0 Å². The van der Waals surface area contributed by atoms with E-state index in [9.17, 15) is 10.2 Å². The van der Waals surface area contributed by atoms with Gasteiger partial charge in [-0.1, -0.05) is 55.3 Å². The minimum atomic E-state index is 0.254. The van der Waals surface area contributed by atoms with Crippen LogP contribution in [-0.4, -0.2) is 54.6 Å². The minimum Gasteiger partial charge on any atom is -0.508 e. The van der Waals surface area contributed by atoms with Crippen molar-refractivity contribution in [1.82, 2.24) is 4.90 Å². The van der Waals surface area contributed by atoms with Gasteiger partial charge in [-0.05, 0) is 95.2 Å². The zero-order chi connectivity index (χ0) is 26.2. The summed E-state index contributed by atoms with van der Waals surface area (Å²) in [5.41, 5.74) is 4.56. The van der Waals surface area contributed by atoms with E-state index < -0.39 is 0 Å². The van der Waals surface area contributed by atoms with E-state index >= 15 is 0 Å². The molecule has 5 rings (SSSR count). The van der Waals surface area contributed by atoms with Gasteiger partial charge in [0, 0.05) is 13.1 Å². The van der Waals surface area contributed by atoms with Crippen LogP contribution in [0.3, 0.4) is 0 Å². The van der Waals surface area contributed by atoms with E-state index in [4.69, 9.17) is 9.47 Å². The molecule has 1 aliphatic rings. The number of fused-ring (bicyclic) bond motifs is 1. The number of hydrogen-bond donors (Lipinski definition) is 2. The molecule has 0 aliphatic carbocycles. The summed E-state index contributed by atoms with van der Waals surface area (Å²) >= 11 is 0. The number of morpholine rings is 1. The number of nitrogens with zero attached hydrogens (tertiary/aromatic N) is 1. The van der Waals surface area contributed by atoms with Gasteiger partial charge in [-0.25, -0.2) is 0 Å². The number of aromatic hydroxyl groups is 2. The Morgan fingerprint density at radius 3 is 2.26 bits per heavy atom. The number of phenols is 2. The van der Waals surface area contributed by atoms with Crippen LogP contribution in [0.4, 0.5) is 0 Å². The third-order valence-electron chi connectivity index (χ3n) is 7.34. The Balaban J connectivity index is 1.18. The molecule has 0 saturated carbocycles. The molecule has 38 heavy (non-hydrogen) atoms. The molecule has 0 atom stereocenters. The van der Waals surface area contributed by atoms with Crippen LogP contribution in [0.1, 0.15) is 36.8 Å². The largest absolute Gasteiger partial charge is 0.508 e. The van der Waals surface area contributed by atoms with Gasteiger partial charge in [0.25, 0.3) is 0 Å². The average Bonchev–Trinajstić information content (AvgIpc) is 2.94. The highest BCUT2D eigenvalue weighted by molar-refractivity contribution is 5.93. The Hall–Kier alpha value is -3.54. The predicted octanol–water partition coefficient (Wildman–Crippen LogP) is 6.78. The Kier molecular flexibility index (Phi) is 8.79. The number of hydrogen-bond acceptors (Lipinski definition) is 5. The molecule has 0 amide bonds. The molecule has 1 fully saturated rings. The van der Waals surface area contributed by atoms with Crippen LogP contribution >= 0.6 is 0 Å². The summed E-state index contributed by atoms with van der Waals surface area (Å²) < 4.78 is 11.4. The fraction of sp³-hybridized carbons (Fsp3) is 0.333. The minimum absolute atomic E-state index is 0.254. The van der Waals surface area contributed by atoms with E-state index in [0.717, 1.165) is 73.4 Å². The van der Waals surface area contributed by atoms with Gasteiger partial charge in [0.15, 0.2) is 0 Å². The molecule has 1 aliphatic heterocycles. The first-order valence-corrected chi connectivity index (χ1v) is 13.7. The van der Waals surface area contributed by atoms with Gasteiger partial charge in [-0.2, -0.15) is 0 Å². The monoisotopic (exact) mass is 511 g/mol. The number of ether oxygens (including phenoxy) is 2. The van der Waals surface area contributed by atoms with E-state index in [0.29, 0.717) is 0 Å². The highest BCUT2D eigenvalue weighted by Crippen LogP contribution is 2.34. The van der Waals surface area contributed by atoms with Gasteiger partial charge >= 0.3 is 0 Å². The molecular formula is C33H37NO4. The van der Waals surface area contributed by atoms with Crippen LogP contribution in [0.5, 0.6) is 17.2 Å². The molecule has 198 valence electrons. The Morgan fingerprint density at radius 2 is 1.47 bits per heavy atom. The van der Waals surface area contributed by atoms with E-state index in [2.05, 4.69) is 35.2 Å². The van der Waals surface area contributed by atoms with Gasteiger partial charge in [0.05, 0.1) is 19.8 Å². The molecule has 5 heteroatoms. The van der Waals surface area contributed by atoms with Gasteiger partial charge in [-0.3, -0.25) is 4.90 Å². The Labute approximate surface area is 225 Å². The maximum Gasteiger partial charge on any atom is 0.119 e. The Morgan fingerprint density at radius 1 is 0.737 bits per heavy atom. The van der Waals surface area contributed by atoms with Crippen LogP contribution in [0.25, 0.3) is 21.9 Å².